The molecule has 2 heteroatoms. The van der Waals surface area contributed by atoms with Crippen LogP contribution in [0.15, 0.2) is 12.2 Å². The number of hydrogen-bond acceptors (Lipinski definition) is 0. The molecule has 0 aromatic carbocycles. The molecular formula is C7H12F2. The molecule has 0 aromatic heterocycles. The van der Waals surface area contributed by atoms with E-state index < -0.39 is 5.92 Å². The van der Waals surface area contributed by atoms with E-state index in [1.165, 1.54) is 13.0 Å². The third-order valence-corrected chi connectivity index (χ3v) is 1.17. The van der Waals surface area contributed by atoms with Crippen molar-refractivity contribution in [2.45, 2.75) is 32.6 Å². The van der Waals surface area contributed by atoms with Gasteiger partial charge in [-0.05, 0) is 6.92 Å². The highest BCUT2D eigenvalue weighted by molar-refractivity contribution is 4.83. The van der Waals surface area contributed by atoms with Gasteiger partial charge in [0.1, 0.15) is 0 Å². The third-order valence-electron chi connectivity index (χ3n) is 1.17. The maximum atomic E-state index is 12.3. The van der Waals surface area contributed by atoms with Gasteiger partial charge >= 0.3 is 0 Å². The second-order valence-corrected chi connectivity index (χ2v) is 1.98. The van der Waals surface area contributed by atoms with Crippen LogP contribution < -0.4 is 0 Å². The molecule has 0 aromatic rings. The van der Waals surface area contributed by atoms with Crippen molar-refractivity contribution in [3.63, 3.8) is 0 Å². The van der Waals surface area contributed by atoms with Crippen molar-refractivity contribution >= 4 is 0 Å². The molecular weight excluding hydrogens is 122 g/mol. The lowest BCUT2D eigenvalue weighted by Gasteiger charge is -2.09. The lowest BCUT2D eigenvalue weighted by Crippen LogP contribution is -2.11. The van der Waals surface area contributed by atoms with Gasteiger partial charge in [-0.25, -0.2) is 8.78 Å². The lowest BCUT2D eigenvalue weighted by atomic mass is 10.2. The molecule has 0 aliphatic carbocycles. The maximum Gasteiger partial charge on any atom is 0.251 e. The van der Waals surface area contributed by atoms with Crippen LogP contribution in [0.2, 0.25) is 0 Å². The molecule has 0 atom stereocenters. The molecule has 0 spiro atoms. The monoisotopic (exact) mass is 134 g/mol. The lowest BCUT2D eigenvalue weighted by molar-refractivity contribution is 0.000534. The Labute approximate surface area is 54.6 Å². The standard InChI is InChI=1S/C7H12F2/c1-3-5-6-7(8,9)4-2/h3,5H,4,6H2,1-2H3. The van der Waals surface area contributed by atoms with Crippen LogP contribution in [0.5, 0.6) is 0 Å². The highest BCUT2D eigenvalue weighted by Gasteiger charge is 2.23. The first kappa shape index (κ1) is 8.60. The number of halogens is 2. The van der Waals surface area contributed by atoms with E-state index in [1.807, 2.05) is 0 Å². The van der Waals surface area contributed by atoms with E-state index >= 15 is 0 Å². The van der Waals surface area contributed by atoms with Crippen molar-refractivity contribution in [1.29, 1.82) is 0 Å². The molecule has 0 heterocycles. The molecule has 0 nitrogen and oxygen atoms in total. The minimum absolute atomic E-state index is 0.0721. The molecule has 0 aliphatic rings. The van der Waals surface area contributed by atoms with Gasteiger partial charge in [0.05, 0.1) is 0 Å². The summed E-state index contributed by atoms with van der Waals surface area (Å²) in [5, 5.41) is 0. The maximum absolute atomic E-state index is 12.3. The zero-order chi connectivity index (χ0) is 7.33. The van der Waals surface area contributed by atoms with Gasteiger partial charge in [0.2, 0.25) is 0 Å². The predicted octanol–water partition coefficient (Wildman–Crippen LogP) is 3.00. The van der Waals surface area contributed by atoms with Gasteiger partial charge in [-0.1, -0.05) is 19.1 Å². The molecule has 9 heavy (non-hydrogen) atoms. The van der Waals surface area contributed by atoms with Gasteiger partial charge in [-0.3, -0.25) is 0 Å². The smallest absolute Gasteiger partial charge is 0.207 e. The van der Waals surface area contributed by atoms with E-state index in [1.54, 1.807) is 13.0 Å². The first-order valence-corrected chi connectivity index (χ1v) is 3.11. The van der Waals surface area contributed by atoms with Crippen molar-refractivity contribution in [3.8, 4) is 0 Å². The van der Waals surface area contributed by atoms with Crippen LogP contribution in [0.1, 0.15) is 26.7 Å². The van der Waals surface area contributed by atoms with E-state index in [0.717, 1.165) is 0 Å². The Bertz CT molecular complexity index is 95.1. The number of alkyl halides is 2. The molecule has 54 valence electrons. The van der Waals surface area contributed by atoms with Crippen LogP contribution in [-0.4, -0.2) is 5.92 Å². The molecule has 0 rings (SSSR count). The van der Waals surface area contributed by atoms with Crippen molar-refractivity contribution in [1.82, 2.24) is 0 Å². The summed E-state index contributed by atoms with van der Waals surface area (Å²) in [4.78, 5) is 0. The Hall–Kier alpha value is -0.400. The SMILES string of the molecule is CC=CCC(F)(F)CC. The summed E-state index contributed by atoms with van der Waals surface area (Å²) >= 11 is 0. The van der Waals surface area contributed by atoms with Crippen LogP contribution in [-0.2, 0) is 0 Å². The minimum atomic E-state index is -2.49. The van der Waals surface area contributed by atoms with Gasteiger partial charge in [0, 0.05) is 12.8 Å². The zero-order valence-electron chi connectivity index (χ0n) is 5.82. The van der Waals surface area contributed by atoms with Gasteiger partial charge in [-0.15, -0.1) is 0 Å². The van der Waals surface area contributed by atoms with E-state index in [0.29, 0.717) is 0 Å². The Morgan fingerprint density at radius 3 is 2.33 bits per heavy atom. The molecule has 0 amide bonds. The van der Waals surface area contributed by atoms with Crippen molar-refractivity contribution < 1.29 is 8.78 Å². The van der Waals surface area contributed by atoms with Gasteiger partial charge in [-0.2, -0.15) is 0 Å². The summed E-state index contributed by atoms with van der Waals surface area (Å²) in [6.45, 7) is 3.23. The van der Waals surface area contributed by atoms with Gasteiger partial charge < -0.3 is 0 Å². The fraction of sp³-hybridized carbons (Fsp3) is 0.714. The first-order chi connectivity index (χ1) is 4.12. The van der Waals surface area contributed by atoms with Crippen LogP contribution in [0, 0.1) is 0 Å². The molecule has 0 unspecified atom stereocenters. The largest absolute Gasteiger partial charge is 0.251 e. The summed E-state index contributed by atoms with van der Waals surface area (Å²) < 4.78 is 24.6. The van der Waals surface area contributed by atoms with Crippen molar-refractivity contribution in [2.75, 3.05) is 0 Å². The Morgan fingerprint density at radius 1 is 1.44 bits per heavy atom. The highest BCUT2D eigenvalue weighted by Crippen LogP contribution is 2.22. The molecule has 0 N–H and O–H groups in total. The molecule has 0 saturated heterocycles. The topological polar surface area (TPSA) is 0 Å². The van der Waals surface area contributed by atoms with Crippen molar-refractivity contribution in [3.05, 3.63) is 12.2 Å². The van der Waals surface area contributed by atoms with Crippen LogP contribution in [0.25, 0.3) is 0 Å². The second kappa shape index (κ2) is 3.59. The summed E-state index contributed by atoms with van der Waals surface area (Å²) in [6, 6.07) is 0. The molecule has 0 saturated carbocycles. The van der Waals surface area contributed by atoms with Crippen LogP contribution in [0.4, 0.5) is 8.78 Å². The van der Waals surface area contributed by atoms with E-state index in [-0.39, 0.29) is 12.8 Å². The van der Waals surface area contributed by atoms with Crippen LogP contribution in [0.3, 0.4) is 0 Å². The van der Waals surface area contributed by atoms with E-state index in [4.69, 9.17) is 0 Å². The quantitative estimate of drug-likeness (QED) is 0.520. The first-order valence-electron chi connectivity index (χ1n) is 3.11. The summed E-state index contributed by atoms with van der Waals surface area (Å²) in [7, 11) is 0. The van der Waals surface area contributed by atoms with Gasteiger partial charge in [0.25, 0.3) is 5.92 Å². The number of hydrogen-bond donors (Lipinski definition) is 0. The Balaban J connectivity index is 3.58. The predicted molar refractivity (Wildman–Crippen MR) is 34.7 cm³/mol. The molecule has 0 bridgehead atoms. The fourth-order valence-electron chi connectivity index (χ4n) is 0.435. The number of allylic oxidation sites excluding steroid dienone is 2. The molecule has 0 aliphatic heterocycles. The average molecular weight is 134 g/mol. The third kappa shape index (κ3) is 4.13. The fourth-order valence-corrected chi connectivity index (χ4v) is 0.435. The molecule has 0 fully saturated rings. The van der Waals surface area contributed by atoms with Crippen molar-refractivity contribution in [2.24, 2.45) is 0 Å². The minimum Gasteiger partial charge on any atom is -0.207 e. The number of rotatable bonds is 3. The zero-order valence-corrected chi connectivity index (χ0v) is 5.82. The van der Waals surface area contributed by atoms with Crippen LogP contribution >= 0.6 is 0 Å². The van der Waals surface area contributed by atoms with Gasteiger partial charge in [0.15, 0.2) is 0 Å². The summed E-state index contributed by atoms with van der Waals surface area (Å²) in [5.74, 6) is -2.49. The summed E-state index contributed by atoms with van der Waals surface area (Å²) in [6.07, 6.45) is 2.93. The summed E-state index contributed by atoms with van der Waals surface area (Å²) in [5.41, 5.74) is 0. The Morgan fingerprint density at radius 2 is 2.00 bits per heavy atom. The van der Waals surface area contributed by atoms with E-state index in [9.17, 15) is 8.78 Å². The highest BCUT2D eigenvalue weighted by atomic mass is 19.3. The second-order valence-electron chi connectivity index (χ2n) is 1.98. The average Bonchev–Trinajstić information content (AvgIpc) is 1.84. The Kier molecular flexibility index (Phi) is 3.43. The normalized spacial score (nSPS) is 12.9. The van der Waals surface area contributed by atoms with E-state index in [2.05, 4.69) is 0 Å². The molecule has 0 radical (unpaired) electrons.